The summed E-state index contributed by atoms with van der Waals surface area (Å²) in [4.78, 5) is 35.2. The number of benzene rings is 1. The predicted octanol–water partition coefficient (Wildman–Crippen LogP) is 2.41. The van der Waals surface area contributed by atoms with E-state index >= 15 is 0 Å². The van der Waals surface area contributed by atoms with Crippen molar-refractivity contribution >= 4 is 17.1 Å². The van der Waals surface area contributed by atoms with Gasteiger partial charge in [-0.15, -0.1) is 6.42 Å². The molecule has 0 aliphatic carbocycles. The third kappa shape index (κ3) is 4.19. The number of rotatable bonds is 5. The van der Waals surface area contributed by atoms with Crippen molar-refractivity contribution in [2.24, 2.45) is 5.84 Å². The standard InChI is InChI=1S/C24H18F3N7O2/c1-3-4-32-21(14-6-15(25)11-31-10-14)22(34(29)20-8-18(27)17(26)7-19(20)28)23(35)33(24(32)36)16-5-13(2)9-30-12-16/h1,5-12H,4,28-29H2,2H3. The van der Waals surface area contributed by atoms with Gasteiger partial charge in [-0.3, -0.25) is 24.3 Å². The van der Waals surface area contributed by atoms with Gasteiger partial charge in [0.2, 0.25) is 0 Å². The molecule has 12 heteroatoms. The van der Waals surface area contributed by atoms with Crippen LogP contribution in [-0.4, -0.2) is 19.1 Å². The van der Waals surface area contributed by atoms with Gasteiger partial charge in [-0.05, 0) is 24.6 Å². The third-order valence-corrected chi connectivity index (χ3v) is 5.24. The second-order valence-corrected chi connectivity index (χ2v) is 7.72. The first-order valence-corrected chi connectivity index (χ1v) is 10.3. The summed E-state index contributed by atoms with van der Waals surface area (Å²) in [5, 5.41) is 0.687. The van der Waals surface area contributed by atoms with E-state index in [2.05, 4.69) is 15.9 Å². The largest absolute Gasteiger partial charge is 0.397 e. The molecule has 1 aromatic carbocycles. The topological polar surface area (TPSA) is 125 Å². The number of aromatic nitrogens is 4. The van der Waals surface area contributed by atoms with Crippen molar-refractivity contribution in [2.45, 2.75) is 13.5 Å². The highest BCUT2D eigenvalue weighted by atomic mass is 19.2. The Morgan fingerprint density at radius 3 is 2.39 bits per heavy atom. The van der Waals surface area contributed by atoms with Gasteiger partial charge in [0, 0.05) is 30.1 Å². The molecule has 4 rings (SSSR count). The molecule has 9 nitrogen and oxygen atoms in total. The summed E-state index contributed by atoms with van der Waals surface area (Å²) in [5.74, 6) is 5.28. The lowest BCUT2D eigenvalue weighted by atomic mass is 10.1. The van der Waals surface area contributed by atoms with Crippen LogP contribution in [0.5, 0.6) is 0 Å². The molecule has 36 heavy (non-hydrogen) atoms. The van der Waals surface area contributed by atoms with Crippen molar-refractivity contribution in [3.05, 3.63) is 92.9 Å². The van der Waals surface area contributed by atoms with Crippen LogP contribution >= 0.6 is 0 Å². The second-order valence-electron chi connectivity index (χ2n) is 7.72. The van der Waals surface area contributed by atoms with Gasteiger partial charge in [0.05, 0.1) is 41.7 Å². The number of nitrogens with two attached hydrogens (primary N) is 2. The molecule has 3 heterocycles. The first-order valence-electron chi connectivity index (χ1n) is 10.3. The fourth-order valence-electron chi connectivity index (χ4n) is 3.70. The highest BCUT2D eigenvalue weighted by molar-refractivity contribution is 5.82. The Hall–Kier alpha value is -4.89. The minimum absolute atomic E-state index is 0.0272. The third-order valence-electron chi connectivity index (χ3n) is 5.24. The van der Waals surface area contributed by atoms with E-state index in [1.54, 1.807) is 6.92 Å². The molecule has 0 fully saturated rings. The molecular weight excluding hydrogens is 475 g/mol. The van der Waals surface area contributed by atoms with E-state index < -0.39 is 34.4 Å². The molecule has 0 atom stereocenters. The number of hydrogen-bond acceptors (Lipinski definition) is 7. The SMILES string of the molecule is C#CCn1c(-c2cncc(F)c2)c(N(N)c2cc(F)c(F)cc2N)c(=O)n(-c2cncc(C)c2)c1=O. The Kier molecular flexibility index (Phi) is 6.33. The van der Waals surface area contributed by atoms with E-state index in [1.807, 2.05) is 0 Å². The number of hydrogen-bond donors (Lipinski definition) is 2. The number of terminal acetylenes is 1. The Labute approximate surface area is 202 Å². The van der Waals surface area contributed by atoms with Crippen LogP contribution in [-0.2, 0) is 6.54 Å². The van der Waals surface area contributed by atoms with E-state index in [0.717, 1.165) is 21.4 Å². The molecule has 182 valence electrons. The van der Waals surface area contributed by atoms with Crippen LogP contribution in [0, 0.1) is 36.7 Å². The summed E-state index contributed by atoms with van der Waals surface area (Å²) in [6, 6.07) is 3.91. The molecule has 4 aromatic rings. The monoisotopic (exact) mass is 493 g/mol. The normalized spacial score (nSPS) is 10.8. The zero-order chi connectivity index (χ0) is 26.1. The van der Waals surface area contributed by atoms with Gasteiger partial charge in [0.25, 0.3) is 5.56 Å². The molecule has 0 saturated carbocycles. The maximum Gasteiger partial charge on any atom is 0.337 e. The second kappa shape index (κ2) is 9.40. The average Bonchev–Trinajstić information content (AvgIpc) is 2.82. The van der Waals surface area contributed by atoms with E-state index in [0.29, 0.717) is 22.7 Å². The van der Waals surface area contributed by atoms with Crippen LogP contribution in [0.15, 0.2) is 58.6 Å². The first kappa shape index (κ1) is 24.2. The lowest BCUT2D eigenvalue weighted by Gasteiger charge is -2.25. The van der Waals surface area contributed by atoms with Crippen molar-refractivity contribution in [3.8, 4) is 29.3 Å². The molecule has 0 bridgehead atoms. The van der Waals surface area contributed by atoms with Crippen LogP contribution in [0.25, 0.3) is 16.9 Å². The van der Waals surface area contributed by atoms with Gasteiger partial charge >= 0.3 is 5.69 Å². The van der Waals surface area contributed by atoms with E-state index in [9.17, 15) is 22.8 Å². The summed E-state index contributed by atoms with van der Waals surface area (Å²) in [6.45, 7) is 1.34. The summed E-state index contributed by atoms with van der Waals surface area (Å²) < 4.78 is 43.8. The maximum atomic E-state index is 14.1. The van der Waals surface area contributed by atoms with Crippen LogP contribution < -0.4 is 27.8 Å². The molecule has 3 aromatic heterocycles. The quantitative estimate of drug-likeness (QED) is 0.189. The highest BCUT2D eigenvalue weighted by Crippen LogP contribution is 2.34. The Balaban J connectivity index is 2.18. The molecule has 0 saturated heterocycles. The average molecular weight is 493 g/mol. The molecule has 0 aliphatic heterocycles. The van der Waals surface area contributed by atoms with Crippen LogP contribution in [0.1, 0.15) is 5.56 Å². The maximum absolute atomic E-state index is 14.1. The van der Waals surface area contributed by atoms with Crippen LogP contribution in [0.3, 0.4) is 0 Å². The number of nitrogen functional groups attached to an aromatic ring is 1. The first-order chi connectivity index (χ1) is 17.1. The van der Waals surface area contributed by atoms with Crippen LogP contribution in [0.4, 0.5) is 30.2 Å². The molecule has 4 N–H and O–H groups in total. The zero-order valence-electron chi connectivity index (χ0n) is 18.7. The number of anilines is 3. The number of halogens is 3. The summed E-state index contributed by atoms with van der Waals surface area (Å²) in [5.41, 5.74) is 3.46. The Bertz CT molecular complexity index is 1660. The summed E-state index contributed by atoms with van der Waals surface area (Å²) >= 11 is 0. The fraction of sp³-hybridized carbons (Fsp3) is 0.0833. The van der Waals surface area contributed by atoms with Gasteiger partial charge < -0.3 is 5.73 Å². The molecule has 0 radical (unpaired) electrons. The van der Waals surface area contributed by atoms with Gasteiger partial charge in [0.1, 0.15) is 11.5 Å². The van der Waals surface area contributed by atoms with E-state index in [4.69, 9.17) is 18.0 Å². The van der Waals surface area contributed by atoms with Gasteiger partial charge in [0.15, 0.2) is 11.6 Å². The number of pyridine rings is 2. The zero-order valence-corrected chi connectivity index (χ0v) is 18.7. The molecule has 0 amide bonds. The van der Waals surface area contributed by atoms with E-state index in [-0.39, 0.29) is 34.9 Å². The van der Waals surface area contributed by atoms with Crippen molar-refractivity contribution in [3.63, 3.8) is 0 Å². The van der Waals surface area contributed by atoms with Crippen molar-refractivity contribution in [2.75, 3.05) is 10.7 Å². The predicted molar refractivity (Wildman–Crippen MR) is 128 cm³/mol. The minimum atomic E-state index is -1.29. The van der Waals surface area contributed by atoms with Crippen LogP contribution in [0.2, 0.25) is 0 Å². The number of nitrogens with zero attached hydrogens (tertiary/aromatic N) is 5. The van der Waals surface area contributed by atoms with Gasteiger partial charge in [-0.2, -0.15) is 0 Å². The number of hydrazine groups is 1. The highest BCUT2D eigenvalue weighted by Gasteiger charge is 2.27. The Morgan fingerprint density at radius 2 is 1.72 bits per heavy atom. The molecule has 0 spiro atoms. The summed E-state index contributed by atoms with van der Waals surface area (Å²) in [6.07, 6.45) is 10.4. The fourth-order valence-corrected chi connectivity index (χ4v) is 3.70. The van der Waals surface area contributed by atoms with Gasteiger partial charge in [-0.25, -0.2) is 28.4 Å². The minimum Gasteiger partial charge on any atom is -0.397 e. The lowest BCUT2D eigenvalue weighted by Crippen LogP contribution is -2.44. The molecule has 0 aliphatic rings. The van der Waals surface area contributed by atoms with Crippen molar-refractivity contribution in [1.29, 1.82) is 0 Å². The van der Waals surface area contributed by atoms with Gasteiger partial charge in [-0.1, -0.05) is 5.92 Å². The summed E-state index contributed by atoms with van der Waals surface area (Å²) in [7, 11) is 0. The Morgan fingerprint density at radius 1 is 1.03 bits per heavy atom. The molecule has 0 unspecified atom stereocenters. The lowest BCUT2D eigenvalue weighted by molar-refractivity contribution is 0.509. The van der Waals surface area contributed by atoms with E-state index in [1.165, 1.54) is 24.7 Å². The van der Waals surface area contributed by atoms with Crippen molar-refractivity contribution in [1.82, 2.24) is 19.1 Å². The number of aryl methyl sites for hydroxylation is 1. The molecular formula is C24H18F3N7O2. The smallest absolute Gasteiger partial charge is 0.337 e. The van der Waals surface area contributed by atoms with Crippen molar-refractivity contribution < 1.29 is 13.2 Å².